The van der Waals surface area contributed by atoms with Crippen LogP contribution < -0.4 is 15.6 Å². The van der Waals surface area contributed by atoms with Crippen LogP contribution in [0.3, 0.4) is 0 Å². The molecule has 154 valence electrons. The molecule has 0 spiro atoms. The van der Waals surface area contributed by atoms with Gasteiger partial charge >= 0.3 is 0 Å². The molecule has 0 saturated heterocycles. The Kier molecular flexibility index (Phi) is 4.17. The molecule has 12 heteroatoms. The first-order chi connectivity index (χ1) is 15.1. The number of aromatic amines is 1. The van der Waals surface area contributed by atoms with Crippen LogP contribution in [-0.4, -0.2) is 42.4 Å². The Morgan fingerprint density at radius 2 is 2.00 bits per heavy atom. The summed E-state index contributed by atoms with van der Waals surface area (Å²) < 4.78 is 6.68. The van der Waals surface area contributed by atoms with Crippen LogP contribution in [0.1, 0.15) is 17.2 Å². The monoisotopic (exact) mass is 418 g/mol. The molecule has 0 fully saturated rings. The zero-order valence-corrected chi connectivity index (χ0v) is 16.0. The first-order valence-corrected chi connectivity index (χ1v) is 9.13. The highest BCUT2D eigenvalue weighted by Crippen LogP contribution is 2.41. The summed E-state index contributed by atoms with van der Waals surface area (Å²) in [4.78, 5) is 23.5. The lowest BCUT2D eigenvalue weighted by molar-refractivity contribution is -0.384. The van der Waals surface area contributed by atoms with Crippen LogP contribution in [0.25, 0.3) is 11.3 Å². The molecule has 3 heterocycles. The van der Waals surface area contributed by atoms with Crippen molar-refractivity contribution in [2.45, 2.75) is 6.04 Å². The second-order valence-corrected chi connectivity index (χ2v) is 6.75. The van der Waals surface area contributed by atoms with Gasteiger partial charge < -0.3 is 10.1 Å². The van der Waals surface area contributed by atoms with Gasteiger partial charge in [-0.2, -0.15) is 9.78 Å². The summed E-state index contributed by atoms with van der Waals surface area (Å²) in [5, 5.41) is 32.7. The van der Waals surface area contributed by atoms with Crippen molar-refractivity contribution in [3.8, 4) is 17.0 Å². The van der Waals surface area contributed by atoms with Gasteiger partial charge in [-0.1, -0.05) is 17.2 Å². The molecular weight excluding hydrogens is 404 g/mol. The number of tetrazole rings is 1. The predicted molar refractivity (Wildman–Crippen MR) is 108 cm³/mol. The molecule has 0 saturated carbocycles. The van der Waals surface area contributed by atoms with Gasteiger partial charge in [-0.15, -0.1) is 0 Å². The van der Waals surface area contributed by atoms with E-state index in [9.17, 15) is 14.9 Å². The minimum Gasteiger partial charge on any atom is -0.497 e. The van der Waals surface area contributed by atoms with Crippen LogP contribution >= 0.6 is 0 Å². The van der Waals surface area contributed by atoms with E-state index in [1.807, 2.05) is 0 Å². The quantitative estimate of drug-likeness (QED) is 0.329. The highest BCUT2D eigenvalue weighted by Gasteiger charge is 2.34. The Bertz CT molecular complexity index is 1360. The van der Waals surface area contributed by atoms with Gasteiger partial charge in [0.2, 0.25) is 5.95 Å². The zero-order chi connectivity index (χ0) is 21.5. The lowest BCUT2D eigenvalue weighted by Crippen LogP contribution is -2.29. The topological polar surface area (TPSA) is 154 Å². The molecule has 1 aliphatic rings. The highest BCUT2D eigenvalue weighted by molar-refractivity contribution is 5.75. The normalized spacial score (nSPS) is 14.3. The van der Waals surface area contributed by atoms with Crippen molar-refractivity contribution < 1.29 is 9.66 Å². The summed E-state index contributed by atoms with van der Waals surface area (Å²) in [6, 6.07) is 12.6. The van der Waals surface area contributed by atoms with Crippen molar-refractivity contribution in [3.63, 3.8) is 0 Å². The third kappa shape index (κ3) is 2.97. The van der Waals surface area contributed by atoms with Crippen molar-refractivity contribution >= 4 is 17.3 Å². The van der Waals surface area contributed by atoms with Gasteiger partial charge in [0.1, 0.15) is 17.5 Å². The van der Waals surface area contributed by atoms with Crippen LogP contribution in [0, 0.1) is 10.1 Å². The largest absolute Gasteiger partial charge is 0.497 e. The molecule has 2 aromatic carbocycles. The van der Waals surface area contributed by atoms with Gasteiger partial charge in [-0.25, -0.2) is 5.10 Å². The number of hydrogen-bond acceptors (Lipinski definition) is 9. The van der Waals surface area contributed by atoms with E-state index in [2.05, 4.69) is 31.0 Å². The first-order valence-electron chi connectivity index (χ1n) is 9.13. The summed E-state index contributed by atoms with van der Waals surface area (Å²) >= 11 is 0. The maximum absolute atomic E-state index is 12.6. The number of fused-ring (bicyclic) bond motifs is 2. The lowest BCUT2D eigenvalue weighted by Gasteiger charge is -2.27. The fourth-order valence-corrected chi connectivity index (χ4v) is 3.62. The smallest absolute Gasteiger partial charge is 0.288 e. The molecule has 2 aromatic heterocycles. The molecular formula is C19H14N8O4. The molecule has 31 heavy (non-hydrogen) atoms. The number of benzene rings is 2. The van der Waals surface area contributed by atoms with Crippen molar-refractivity contribution in [1.29, 1.82) is 0 Å². The Morgan fingerprint density at radius 3 is 2.74 bits per heavy atom. The van der Waals surface area contributed by atoms with Gasteiger partial charge in [0.15, 0.2) is 0 Å². The SMILES string of the molecule is COc1ccc(-c2n[nH]c(=O)c3c2C(c2cccc([N+](=O)[O-])c2)n2nnnc2N3)cc1. The molecule has 4 aromatic rings. The van der Waals surface area contributed by atoms with E-state index in [1.54, 1.807) is 43.5 Å². The number of nitrogens with zero attached hydrogens (tertiary/aromatic N) is 6. The van der Waals surface area contributed by atoms with Gasteiger partial charge in [-0.3, -0.25) is 14.9 Å². The van der Waals surface area contributed by atoms with E-state index in [0.717, 1.165) is 0 Å². The maximum Gasteiger partial charge on any atom is 0.288 e. The van der Waals surface area contributed by atoms with E-state index in [1.165, 1.54) is 16.8 Å². The molecule has 5 rings (SSSR count). The lowest BCUT2D eigenvalue weighted by atomic mass is 9.92. The number of rotatable bonds is 4. The number of ether oxygens (including phenoxy) is 1. The van der Waals surface area contributed by atoms with Gasteiger partial charge in [0.25, 0.3) is 11.2 Å². The molecule has 12 nitrogen and oxygen atoms in total. The Morgan fingerprint density at radius 1 is 1.19 bits per heavy atom. The number of anilines is 2. The Hall–Kier alpha value is -4.61. The fraction of sp³-hybridized carbons (Fsp3) is 0.105. The van der Waals surface area contributed by atoms with Crippen LogP contribution in [0.5, 0.6) is 5.75 Å². The molecule has 2 N–H and O–H groups in total. The highest BCUT2D eigenvalue weighted by atomic mass is 16.6. The van der Waals surface area contributed by atoms with E-state index in [4.69, 9.17) is 4.74 Å². The van der Waals surface area contributed by atoms with Crippen LogP contribution in [-0.2, 0) is 0 Å². The number of methoxy groups -OCH3 is 1. The summed E-state index contributed by atoms with van der Waals surface area (Å²) in [6.07, 6.45) is 0. The minimum absolute atomic E-state index is 0.0870. The number of nitrogens with one attached hydrogen (secondary N) is 2. The molecule has 0 aliphatic carbocycles. The van der Waals surface area contributed by atoms with Crippen LogP contribution in [0.2, 0.25) is 0 Å². The van der Waals surface area contributed by atoms with Crippen molar-refractivity contribution in [3.05, 3.63) is 80.1 Å². The van der Waals surface area contributed by atoms with Crippen molar-refractivity contribution in [2.75, 3.05) is 12.4 Å². The number of nitro groups is 1. The van der Waals surface area contributed by atoms with Gasteiger partial charge in [-0.05, 0) is 40.3 Å². The summed E-state index contributed by atoms with van der Waals surface area (Å²) in [7, 11) is 1.57. The second-order valence-electron chi connectivity index (χ2n) is 6.75. The van der Waals surface area contributed by atoms with Crippen LogP contribution in [0.15, 0.2) is 53.3 Å². The summed E-state index contributed by atoms with van der Waals surface area (Å²) in [6.45, 7) is 0. The number of aromatic nitrogens is 6. The average Bonchev–Trinajstić information content (AvgIpc) is 3.27. The molecule has 1 unspecified atom stereocenters. The van der Waals surface area contributed by atoms with E-state index in [0.29, 0.717) is 28.1 Å². The molecule has 1 aliphatic heterocycles. The third-order valence-corrected chi connectivity index (χ3v) is 5.03. The fourth-order valence-electron chi connectivity index (χ4n) is 3.62. The van der Waals surface area contributed by atoms with E-state index < -0.39 is 16.5 Å². The third-order valence-electron chi connectivity index (χ3n) is 5.03. The van der Waals surface area contributed by atoms with Crippen LogP contribution in [0.4, 0.5) is 17.3 Å². The van der Waals surface area contributed by atoms with Gasteiger partial charge in [0.05, 0.1) is 17.7 Å². The summed E-state index contributed by atoms with van der Waals surface area (Å²) in [5.41, 5.74) is 1.89. The molecule has 0 bridgehead atoms. The minimum atomic E-state index is -0.715. The summed E-state index contributed by atoms with van der Waals surface area (Å²) in [5.74, 6) is 0.902. The standard InChI is InChI=1S/C19H14N8O4/c1-31-13-7-5-10(6-8-13)15-14-16(18(28)22-21-15)20-19-23-24-25-26(19)17(14)11-3-2-4-12(9-11)27(29)30/h2-9,17H,1H3,(H,22,28)(H,20,23,25). The second kappa shape index (κ2) is 7.02. The molecule has 0 amide bonds. The number of non-ortho nitro benzene ring substituents is 1. The van der Waals surface area contributed by atoms with Crippen molar-refractivity contribution in [1.82, 2.24) is 30.4 Å². The Balaban J connectivity index is 1.78. The van der Waals surface area contributed by atoms with E-state index >= 15 is 0 Å². The molecule has 1 atom stereocenters. The average molecular weight is 418 g/mol. The number of H-pyrrole nitrogens is 1. The molecule has 0 radical (unpaired) electrons. The zero-order valence-electron chi connectivity index (χ0n) is 16.0. The van der Waals surface area contributed by atoms with E-state index in [-0.39, 0.29) is 17.3 Å². The maximum atomic E-state index is 12.6. The first kappa shape index (κ1) is 18.4. The number of nitro benzene ring substituents is 1. The van der Waals surface area contributed by atoms with Crippen molar-refractivity contribution in [2.24, 2.45) is 0 Å². The number of hydrogen-bond donors (Lipinski definition) is 2. The van der Waals surface area contributed by atoms with Gasteiger partial charge in [0, 0.05) is 23.3 Å². The Labute approximate surface area is 173 Å². The predicted octanol–water partition coefficient (Wildman–Crippen LogP) is 2.03.